The smallest absolute Gasteiger partial charge is 0.260 e. The molecule has 1 aliphatic rings. The lowest BCUT2D eigenvalue weighted by atomic mass is 10.1. The second-order valence-corrected chi connectivity index (χ2v) is 5.66. The molecule has 112 valence electrons. The van der Waals surface area contributed by atoms with Crippen LogP contribution in [-0.2, 0) is 4.79 Å². The van der Waals surface area contributed by atoms with E-state index < -0.39 is 0 Å². The monoisotopic (exact) mass is 360 g/mol. The molecule has 0 saturated carbocycles. The minimum atomic E-state index is -0.256. The van der Waals surface area contributed by atoms with Gasteiger partial charge in [-0.15, -0.1) is 0 Å². The molecule has 2 amide bonds. The van der Waals surface area contributed by atoms with Crippen LogP contribution in [0.4, 0.5) is 11.4 Å². The van der Waals surface area contributed by atoms with Gasteiger partial charge >= 0.3 is 0 Å². The minimum Gasteiger partial charge on any atom is -0.497 e. The number of carbonyl (C=O) groups is 2. The van der Waals surface area contributed by atoms with Gasteiger partial charge in [0, 0.05) is 4.47 Å². The lowest BCUT2D eigenvalue weighted by Crippen LogP contribution is -2.42. The third kappa shape index (κ3) is 2.57. The average molecular weight is 361 g/mol. The van der Waals surface area contributed by atoms with E-state index in [9.17, 15) is 9.59 Å². The second kappa shape index (κ2) is 5.81. The number of para-hydroxylation sites is 2. The van der Waals surface area contributed by atoms with Crippen molar-refractivity contribution in [3.63, 3.8) is 0 Å². The van der Waals surface area contributed by atoms with E-state index in [4.69, 9.17) is 4.74 Å². The molecule has 0 unspecified atom stereocenters. The number of fused-ring (bicyclic) bond motifs is 1. The van der Waals surface area contributed by atoms with Crippen LogP contribution in [0.25, 0.3) is 0 Å². The lowest BCUT2D eigenvalue weighted by Gasteiger charge is -2.29. The average Bonchev–Trinajstić information content (AvgIpc) is 2.54. The third-order valence-electron chi connectivity index (χ3n) is 3.42. The SMILES string of the molecule is COc1ccc(Br)c(C(=O)N2CC(=O)Nc3ccccc32)c1. The van der Waals surface area contributed by atoms with Gasteiger partial charge in [-0.3, -0.25) is 14.5 Å². The highest BCUT2D eigenvalue weighted by atomic mass is 79.9. The molecule has 2 aromatic carbocycles. The van der Waals surface area contributed by atoms with Crippen LogP contribution in [0.5, 0.6) is 5.75 Å². The molecule has 22 heavy (non-hydrogen) atoms. The van der Waals surface area contributed by atoms with Gasteiger partial charge in [-0.1, -0.05) is 12.1 Å². The fraction of sp³-hybridized carbons (Fsp3) is 0.125. The fourth-order valence-corrected chi connectivity index (χ4v) is 2.77. The summed E-state index contributed by atoms with van der Waals surface area (Å²) in [4.78, 5) is 26.2. The molecule has 1 heterocycles. The number of nitrogens with one attached hydrogen (secondary N) is 1. The summed E-state index contributed by atoms with van der Waals surface area (Å²) in [5.41, 5.74) is 1.76. The summed E-state index contributed by atoms with van der Waals surface area (Å²) in [5, 5.41) is 2.76. The van der Waals surface area contributed by atoms with Crippen molar-refractivity contribution in [2.45, 2.75) is 0 Å². The van der Waals surface area contributed by atoms with Crippen LogP contribution in [0.15, 0.2) is 46.9 Å². The molecule has 5 nitrogen and oxygen atoms in total. The van der Waals surface area contributed by atoms with E-state index in [2.05, 4.69) is 21.2 Å². The predicted octanol–water partition coefficient (Wildman–Crippen LogP) is 3.06. The van der Waals surface area contributed by atoms with Crippen molar-refractivity contribution in [3.8, 4) is 5.75 Å². The summed E-state index contributed by atoms with van der Waals surface area (Å²) >= 11 is 3.38. The van der Waals surface area contributed by atoms with Crippen molar-refractivity contribution < 1.29 is 14.3 Å². The maximum atomic E-state index is 12.9. The standard InChI is InChI=1S/C16H13BrN2O3/c1-22-10-6-7-12(17)11(8-10)16(21)19-9-15(20)18-13-4-2-3-5-14(13)19/h2-8H,9H2,1H3,(H,18,20). The Morgan fingerprint density at radius 3 is 2.82 bits per heavy atom. The van der Waals surface area contributed by atoms with Gasteiger partial charge in [0.25, 0.3) is 5.91 Å². The fourth-order valence-electron chi connectivity index (χ4n) is 2.36. The largest absolute Gasteiger partial charge is 0.497 e. The molecule has 0 atom stereocenters. The Bertz CT molecular complexity index is 761. The Morgan fingerprint density at radius 2 is 2.05 bits per heavy atom. The normalized spacial score (nSPS) is 13.4. The number of rotatable bonds is 2. The van der Waals surface area contributed by atoms with Crippen molar-refractivity contribution in [1.29, 1.82) is 0 Å². The van der Waals surface area contributed by atoms with Crippen LogP contribution in [0, 0.1) is 0 Å². The molecule has 1 aliphatic heterocycles. The summed E-state index contributed by atoms with van der Waals surface area (Å²) in [5.74, 6) is 0.112. The van der Waals surface area contributed by atoms with E-state index in [0.717, 1.165) is 0 Å². The molecule has 1 N–H and O–H groups in total. The first-order valence-electron chi connectivity index (χ1n) is 6.64. The molecule has 0 bridgehead atoms. The van der Waals surface area contributed by atoms with E-state index in [-0.39, 0.29) is 18.4 Å². The maximum absolute atomic E-state index is 12.9. The molecular formula is C16H13BrN2O3. The van der Waals surface area contributed by atoms with Crippen molar-refractivity contribution in [1.82, 2.24) is 0 Å². The number of halogens is 1. The van der Waals surface area contributed by atoms with E-state index in [1.165, 1.54) is 4.90 Å². The van der Waals surface area contributed by atoms with Crippen molar-refractivity contribution in [2.24, 2.45) is 0 Å². The molecule has 0 aliphatic carbocycles. The van der Waals surface area contributed by atoms with E-state index in [0.29, 0.717) is 27.2 Å². The molecule has 6 heteroatoms. The van der Waals surface area contributed by atoms with E-state index in [1.54, 1.807) is 37.4 Å². The highest BCUT2D eigenvalue weighted by molar-refractivity contribution is 9.10. The summed E-state index contributed by atoms with van der Waals surface area (Å²) in [7, 11) is 1.54. The number of hydrogen-bond donors (Lipinski definition) is 1. The number of anilines is 2. The first-order chi connectivity index (χ1) is 10.6. The van der Waals surface area contributed by atoms with Gasteiger partial charge in [-0.2, -0.15) is 0 Å². The van der Waals surface area contributed by atoms with Crippen LogP contribution >= 0.6 is 15.9 Å². The number of amides is 2. The Labute approximate surface area is 136 Å². The van der Waals surface area contributed by atoms with E-state index >= 15 is 0 Å². The van der Waals surface area contributed by atoms with Crippen LogP contribution in [0.2, 0.25) is 0 Å². The van der Waals surface area contributed by atoms with E-state index in [1.807, 2.05) is 12.1 Å². The zero-order valence-electron chi connectivity index (χ0n) is 11.8. The highest BCUT2D eigenvalue weighted by Crippen LogP contribution is 2.32. The summed E-state index contributed by atoms with van der Waals surface area (Å²) in [6.45, 7) is -0.0144. The Balaban J connectivity index is 2.04. The third-order valence-corrected chi connectivity index (χ3v) is 4.11. The van der Waals surface area contributed by atoms with Gasteiger partial charge in [0.15, 0.2) is 0 Å². The topological polar surface area (TPSA) is 58.6 Å². The van der Waals surface area contributed by atoms with Gasteiger partial charge in [0.2, 0.25) is 5.91 Å². The van der Waals surface area contributed by atoms with Crippen molar-refractivity contribution >= 4 is 39.1 Å². The quantitative estimate of drug-likeness (QED) is 0.895. The molecule has 0 spiro atoms. The molecule has 0 radical (unpaired) electrons. The van der Waals surface area contributed by atoms with Crippen LogP contribution in [0.3, 0.4) is 0 Å². The van der Waals surface area contributed by atoms with Gasteiger partial charge < -0.3 is 10.1 Å². The van der Waals surface area contributed by atoms with Crippen LogP contribution in [0.1, 0.15) is 10.4 Å². The lowest BCUT2D eigenvalue weighted by molar-refractivity contribution is -0.115. The number of benzene rings is 2. The summed E-state index contributed by atoms with van der Waals surface area (Å²) < 4.78 is 5.82. The molecule has 0 aromatic heterocycles. The molecule has 2 aromatic rings. The number of methoxy groups -OCH3 is 1. The van der Waals surface area contributed by atoms with Crippen LogP contribution in [-0.4, -0.2) is 25.5 Å². The number of carbonyl (C=O) groups excluding carboxylic acids is 2. The molecule has 3 rings (SSSR count). The van der Waals surface area contributed by atoms with Gasteiger partial charge in [0.05, 0.1) is 24.0 Å². The highest BCUT2D eigenvalue weighted by Gasteiger charge is 2.28. The van der Waals surface area contributed by atoms with Crippen LogP contribution < -0.4 is 15.0 Å². The van der Waals surface area contributed by atoms with Crippen molar-refractivity contribution in [3.05, 3.63) is 52.5 Å². The number of hydrogen-bond acceptors (Lipinski definition) is 3. The second-order valence-electron chi connectivity index (χ2n) is 4.80. The Morgan fingerprint density at radius 1 is 1.27 bits per heavy atom. The zero-order valence-corrected chi connectivity index (χ0v) is 13.4. The summed E-state index contributed by atoms with van der Waals surface area (Å²) in [6.07, 6.45) is 0. The Kier molecular flexibility index (Phi) is 3.85. The molecule has 0 saturated heterocycles. The van der Waals surface area contributed by atoms with Crippen molar-refractivity contribution in [2.75, 3.05) is 23.9 Å². The first-order valence-corrected chi connectivity index (χ1v) is 7.43. The van der Waals surface area contributed by atoms with Gasteiger partial charge in [-0.25, -0.2) is 0 Å². The van der Waals surface area contributed by atoms with Gasteiger partial charge in [-0.05, 0) is 46.3 Å². The predicted molar refractivity (Wildman–Crippen MR) is 87.4 cm³/mol. The first kappa shape index (κ1) is 14.6. The molecule has 0 fully saturated rings. The Hall–Kier alpha value is -2.34. The zero-order chi connectivity index (χ0) is 15.7. The molecular weight excluding hydrogens is 348 g/mol. The maximum Gasteiger partial charge on any atom is 0.260 e. The number of ether oxygens (including phenoxy) is 1. The summed E-state index contributed by atoms with van der Waals surface area (Å²) in [6, 6.07) is 12.4. The minimum absolute atomic E-state index is 0.0144. The number of nitrogens with zero attached hydrogens (tertiary/aromatic N) is 1. The van der Waals surface area contributed by atoms with Gasteiger partial charge in [0.1, 0.15) is 12.3 Å².